The Labute approximate surface area is 126 Å². The Morgan fingerprint density at radius 3 is 1.65 bits per heavy atom. The Morgan fingerprint density at radius 2 is 1.20 bits per heavy atom. The third-order valence-electron chi connectivity index (χ3n) is 3.91. The lowest BCUT2D eigenvalue weighted by Gasteiger charge is -2.17. The number of hydrogen-bond donors (Lipinski definition) is 2. The first kappa shape index (κ1) is 19.9. The third-order valence-corrected chi connectivity index (χ3v) is 3.91. The van der Waals surface area contributed by atoms with E-state index in [1.165, 1.54) is 69.3 Å². The van der Waals surface area contributed by atoms with Gasteiger partial charge in [-0.05, 0) is 12.8 Å². The summed E-state index contributed by atoms with van der Waals surface area (Å²) in [5.41, 5.74) is 0. The second-order valence-electron chi connectivity index (χ2n) is 6.01. The maximum absolute atomic E-state index is 9.57. The lowest BCUT2D eigenvalue weighted by molar-refractivity contribution is -0.114. The van der Waals surface area contributed by atoms with Crippen molar-refractivity contribution in [2.45, 2.75) is 97.0 Å². The first-order chi connectivity index (χ1) is 9.70. The third kappa shape index (κ3) is 14.3. The molecule has 0 fully saturated rings. The Morgan fingerprint density at radius 1 is 0.750 bits per heavy atom. The summed E-state index contributed by atoms with van der Waals surface area (Å²) in [6.45, 7) is 5.26. The standard InChI is InChI=1S/C17H37NO2/c1-3-5-6-7-8-9-10-11-12-13-14-15-18(20)16-17(19)4-2/h17,19-20H,3-16H2,1-2H3. The molecule has 20 heavy (non-hydrogen) atoms. The molecular weight excluding hydrogens is 250 g/mol. The van der Waals surface area contributed by atoms with E-state index in [1.54, 1.807) is 0 Å². The van der Waals surface area contributed by atoms with Crippen LogP contribution in [0.5, 0.6) is 0 Å². The summed E-state index contributed by atoms with van der Waals surface area (Å²) < 4.78 is 0. The van der Waals surface area contributed by atoms with Gasteiger partial charge in [-0.3, -0.25) is 0 Å². The predicted molar refractivity (Wildman–Crippen MR) is 86.1 cm³/mol. The van der Waals surface area contributed by atoms with E-state index in [0.717, 1.165) is 6.42 Å². The van der Waals surface area contributed by atoms with E-state index in [1.807, 2.05) is 6.92 Å². The van der Waals surface area contributed by atoms with Crippen LogP contribution in [0.15, 0.2) is 0 Å². The number of hydroxylamine groups is 2. The smallest absolute Gasteiger partial charge is 0.0687 e. The molecule has 0 spiro atoms. The van der Waals surface area contributed by atoms with Crippen LogP contribution in [0, 0.1) is 0 Å². The van der Waals surface area contributed by atoms with Gasteiger partial charge in [0.2, 0.25) is 0 Å². The molecule has 0 aromatic heterocycles. The molecule has 3 nitrogen and oxygen atoms in total. The molecule has 0 aliphatic rings. The van der Waals surface area contributed by atoms with Crippen LogP contribution in [-0.4, -0.2) is 34.6 Å². The van der Waals surface area contributed by atoms with E-state index in [9.17, 15) is 10.3 Å². The molecule has 0 aliphatic carbocycles. The van der Waals surface area contributed by atoms with Crippen LogP contribution in [-0.2, 0) is 0 Å². The molecule has 0 bridgehead atoms. The number of aliphatic hydroxyl groups excluding tert-OH is 1. The Balaban J connectivity index is 3.12. The normalized spacial score (nSPS) is 13.1. The van der Waals surface area contributed by atoms with Crippen molar-refractivity contribution in [3.05, 3.63) is 0 Å². The van der Waals surface area contributed by atoms with E-state index < -0.39 is 6.10 Å². The minimum absolute atomic E-state index is 0.383. The number of hydrogen-bond acceptors (Lipinski definition) is 3. The van der Waals surface area contributed by atoms with Crippen LogP contribution in [0.25, 0.3) is 0 Å². The maximum atomic E-state index is 9.57. The van der Waals surface area contributed by atoms with E-state index in [2.05, 4.69) is 6.92 Å². The quantitative estimate of drug-likeness (QED) is 0.337. The summed E-state index contributed by atoms with van der Waals surface area (Å²) in [5, 5.41) is 20.2. The molecule has 0 amide bonds. The summed E-state index contributed by atoms with van der Waals surface area (Å²) >= 11 is 0. The number of aliphatic hydroxyl groups is 1. The van der Waals surface area contributed by atoms with Gasteiger partial charge >= 0.3 is 0 Å². The van der Waals surface area contributed by atoms with Gasteiger partial charge in [0.1, 0.15) is 0 Å². The molecule has 0 aliphatic heterocycles. The molecule has 0 saturated heterocycles. The van der Waals surface area contributed by atoms with Crippen molar-refractivity contribution in [1.82, 2.24) is 5.06 Å². The summed E-state index contributed by atoms with van der Waals surface area (Å²) in [4.78, 5) is 0. The number of nitrogens with zero attached hydrogens (tertiary/aromatic N) is 1. The first-order valence-electron chi connectivity index (χ1n) is 8.82. The van der Waals surface area contributed by atoms with Gasteiger partial charge < -0.3 is 10.3 Å². The number of rotatable bonds is 15. The Hall–Kier alpha value is -0.120. The van der Waals surface area contributed by atoms with Crippen molar-refractivity contribution >= 4 is 0 Å². The summed E-state index contributed by atoms with van der Waals surface area (Å²) in [5.74, 6) is 0. The average Bonchev–Trinajstić information content (AvgIpc) is 2.44. The summed E-state index contributed by atoms with van der Waals surface area (Å²) in [6.07, 6.45) is 14.8. The number of unbranched alkanes of at least 4 members (excludes halogenated alkanes) is 10. The van der Waals surface area contributed by atoms with E-state index >= 15 is 0 Å². The first-order valence-corrected chi connectivity index (χ1v) is 8.82. The van der Waals surface area contributed by atoms with Crippen LogP contribution in [0.1, 0.15) is 90.9 Å². The zero-order chi connectivity index (χ0) is 15.1. The molecule has 0 heterocycles. The van der Waals surface area contributed by atoms with Gasteiger partial charge in [-0.15, -0.1) is 0 Å². The van der Waals surface area contributed by atoms with Crippen LogP contribution in [0.4, 0.5) is 0 Å². The van der Waals surface area contributed by atoms with Crippen LogP contribution >= 0.6 is 0 Å². The van der Waals surface area contributed by atoms with E-state index in [4.69, 9.17) is 0 Å². The molecule has 1 unspecified atom stereocenters. The molecule has 0 radical (unpaired) electrons. The van der Waals surface area contributed by atoms with Gasteiger partial charge in [-0.2, -0.15) is 5.06 Å². The Bertz CT molecular complexity index is 188. The molecule has 0 aromatic carbocycles. The molecule has 0 rings (SSSR count). The lowest BCUT2D eigenvalue weighted by atomic mass is 10.1. The van der Waals surface area contributed by atoms with E-state index in [0.29, 0.717) is 19.5 Å². The van der Waals surface area contributed by atoms with Crippen LogP contribution in [0.2, 0.25) is 0 Å². The van der Waals surface area contributed by atoms with Crippen molar-refractivity contribution < 1.29 is 10.3 Å². The van der Waals surface area contributed by atoms with Gasteiger partial charge in [0.05, 0.1) is 6.10 Å². The zero-order valence-corrected chi connectivity index (χ0v) is 13.8. The highest BCUT2D eigenvalue weighted by molar-refractivity contribution is 4.56. The summed E-state index contributed by atoms with van der Waals surface area (Å²) in [7, 11) is 0. The van der Waals surface area contributed by atoms with Crippen molar-refractivity contribution in [3.63, 3.8) is 0 Å². The molecule has 122 valence electrons. The minimum atomic E-state index is -0.396. The van der Waals surface area contributed by atoms with Crippen LogP contribution in [0.3, 0.4) is 0 Å². The summed E-state index contributed by atoms with van der Waals surface area (Å²) in [6, 6.07) is 0. The van der Waals surface area contributed by atoms with Crippen molar-refractivity contribution in [3.8, 4) is 0 Å². The van der Waals surface area contributed by atoms with Crippen molar-refractivity contribution in [2.75, 3.05) is 13.1 Å². The highest BCUT2D eigenvalue weighted by Gasteiger charge is 2.06. The van der Waals surface area contributed by atoms with Gasteiger partial charge in [0, 0.05) is 13.1 Å². The predicted octanol–water partition coefficient (Wildman–Crippen LogP) is 4.76. The molecule has 0 aromatic rings. The monoisotopic (exact) mass is 287 g/mol. The van der Waals surface area contributed by atoms with Gasteiger partial charge in [0.15, 0.2) is 0 Å². The average molecular weight is 287 g/mol. The van der Waals surface area contributed by atoms with Gasteiger partial charge in [-0.25, -0.2) is 0 Å². The second kappa shape index (κ2) is 15.3. The molecule has 1 atom stereocenters. The SMILES string of the molecule is CCCCCCCCCCCCCN(O)CC(O)CC. The van der Waals surface area contributed by atoms with Gasteiger partial charge in [0.25, 0.3) is 0 Å². The molecular formula is C17H37NO2. The minimum Gasteiger partial charge on any atom is -0.392 e. The fourth-order valence-corrected chi connectivity index (χ4v) is 2.42. The molecule has 3 heteroatoms. The topological polar surface area (TPSA) is 43.7 Å². The highest BCUT2D eigenvalue weighted by atomic mass is 16.5. The maximum Gasteiger partial charge on any atom is 0.0687 e. The van der Waals surface area contributed by atoms with E-state index in [-0.39, 0.29) is 0 Å². The zero-order valence-electron chi connectivity index (χ0n) is 13.8. The van der Waals surface area contributed by atoms with Crippen molar-refractivity contribution in [1.29, 1.82) is 0 Å². The largest absolute Gasteiger partial charge is 0.392 e. The van der Waals surface area contributed by atoms with Crippen molar-refractivity contribution in [2.24, 2.45) is 0 Å². The second-order valence-corrected chi connectivity index (χ2v) is 6.01. The highest BCUT2D eigenvalue weighted by Crippen LogP contribution is 2.11. The molecule has 0 saturated carbocycles. The lowest BCUT2D eigenvalue weighted by Crippen LogP contribution is -2.30. The molecule has 2 N–H and O–H groups in total. The fourth-order valence-electron chi connectivity index (χ4n) is 2.42. The Kier molecular flexibility index (Phi) is 15.2. The van der Waals surface area contributed by atoms with Gasteiger partial charge in [-0.1, -0.05) is 78.1 Å². The van der Waals surface area contributed by atoms with Crippen LogP contribution < -0.4 is 0 Å². The fraction of sp³-hybridized carbons (Fsp3) is 1.00.